The summed E-state index contributed by atoms with van der Waals surface area (Å²) in [5.41, 5.74) is 7.82. The summed E-state index contributed by atoms with van der Waals surface area (Å²) in [5, 5.41) is 6.10. The van der Waals surface area contributed by atoms with E-state index in [0.29, 0.717) is 23.0 Å². The van der Waals surface area contributed by atoms with Crippen molar-refractivity contribution < 1.29 is 9.53 Å². The van der Waals surface area contributed by atoms with E-state index in [2.05, 4.69) is 15.6 Å². The maximum atomic E-state index is 11.9. The fourth-order valence-corrected chi connectivity index (χ4v) is 2.30. The van der Waals surface area contributed by atoms with Gasteiger partial charge >= 0.3 is 6.03 Å². The second kappa shape index (κ2) is 6.58. The summed E-state index contributed by atoms with van der Waals surface area (Å²) in [5.74, 6) is 0. The number of nitrogens with one attached hydrogen (secondary N) is 2. The van der Waals surface area contributed by atoms with Gasteiger partial charge in [0, 0.05) is 16.4 Å². The monoisotopic (exact) mass is 330 g/mol. The molecule has 6 nitrogen and oxygen atoms in total. The summed E-state index contributed by atoms with van der Waals surface area (Å²) in [6.07, 6.45) is 0. The molecule has 1 atom stereocenters. The molecule has 4 N–H and O–H groups in total. The second-order valence-corrected chi connectivity index (χ2v) is 5.44. The fraction of sp³-hybridized carbons (Fsp3) is 0.125. The first-order valence-electron chi connectivity index (χ1n) is 7.00. The summed E-state index contributed by atoms with van der Waals surface area (Å²) >= 11 is 5.80. The quantitative estimate of drug-likeness (QED) is 0.806. The van der Waals surface area contributed by atoms with Gasteiger partial charge in [0.1, 0.15) is 12.6 Å². The van der Waals surface area contributed by atoms with Crippen LogP contribution in [0.25, 0.3) is 0 Å². The number of halogens is 1. The van der Waals surface area contributed by atoms with E-state index in [0.717, 1.165) is 5.56 Å². The van der Waals surface area contributed by atoms with Gasteiger partial charge in [-0.25, -0.2) is 9.79 Å². The molecule has 0 aromatic heterocycles. The molecule has 23 heavy (non-hydrogen) atoms. The van der Waals surface area contributed by atoms with Crippen LogP contribution in [0.5, 0.6) is 0 Å². The van der Waals surface area contributed by atoms with Crippen LogP contribution in [0.3, 0.4) is 0 Å². The molecular weight excluding hydrogens is 316 g/mol. The first-order chi connectivity index (χ1) is 11.1. The van der Waals surface area contributed by atoms with E-state index in [4.69, 9.17) is 22.1 Å². The molecule has 2 aromatic carbocycles. The number of amidine groups is 1. The van der Waals surface area contributed by atoms with Gasteiger partial charge < -0.3 is 21.1 Å². The lowest BCUT2D eigenvalue weighted by Crippen LogP contribution is -2.19. The van der Waals surface area contributed by atoms with Crippen molar-refractivity contribution in [1.29, 1.82) is 0 Å². The van der Waals surface area contributed by atoms with Crippen molar-refractivity contribution in [3.8, 4) is 0 Å². The summed E-state index contributed by atoms with van der Waals surface area (Å²) in [6, 6.07) is 14.0. The molecule has 1 heterocycles. The van der Waals surface area contributed by atoms with Crippen LogP contribution in [0.1, 0.15) is 11.6 Å². The lowest BCUT2D eigenvalue weighted by Gasteiger charge is -2.09. The number of hydrogen-bond acceptors (Lipinski definition) is 4. The molecule has 1 aliphatic heterocycles. The Morgan fingerprint density at radius 3 is 2.17 bits per heavy atom. The lowest BCUT2D eigenvalue weighted by atomic mass is 10.1. The summed E-state index contributed by atoms with van der Waals surface area (Å²) in [6.45, 7) is 0.440. The minimum atomic E-state index is -0.327. The highest BCUT2D eigenvalue weighted by Crippen LogP contribution is 2.23. The van der Waals surface area contributed by atoms with Crippen LogP contribution < -0.4 is 16.4 Å². The van der Waals surface area contributed by atoms with Gasteiger partial charge in [0.25, 0.3) is 6.02 Å². The van der Waals surface area contributed by atoms with Crippen molar-refractivity contribution in [2.24, 2.45) is 10.7 Å². The molecular formula is C16H15ClN4O2. The number of nitrogens with two attached hydrogens (primary N) is 1. The van der Waals surface area contributed by atoms with Gasteiger partial charge in [-0.3, -0.25) is 0 Å². The fourth-order valence-electron chi connectivity index (χ4n) is 2.18. The average Bonchev–Trinajstić information content (AvgIpc) is 2.97. The number of rotatable bonds is 3. The van der Waals surface area contributed by atoms with Crippen LogP contribution in [-0.2, 0) is 4.74 Å². The van der Waals surface area contributed by atoms with Gasteiger partial charge in [-0.1, -0.05) is 23.7 Å². The highest BCUT2D eigenvalue weighted by Gasteiger charge is 2.18. The van der Waals surface area contributed by atoms with E-state index in [1.165, 1.54) is 0 Å². The zero-order valence-corrected chi connectivity index (χ0v) is 12.9. The van der Waals surface area contributed by atoms with Crippen molar-refractivity contribution in [2.75, 3.05) is 17.2 Å². The number of benzene rings is 2. The summed E-state index contributed by atoms with van der Waals surface area (Å²) in [4.78, 5) is 16.1. The molecule has 7 heteroatoms. The molecule has 0 bridgehead atoms. The van der Waals surface area contributed by atoms with Gasteiger partial charge in [-0.2, -0.15) is 0 Å². The van der Waals surface area contributed by atoms with Crippen LogP contribution in [0, 0.1) is 0 Å². The molecule has 2 amide bonds. The third-order valence-electron chi connectivity index (χ3n) is 3.33. The predicted molar refractivity (Wildman–Crippen MR) is 90.9 cm³/mol. The Labute approximate surface area is 138 Å². The van der Waals surface area contributed by atoms with Crippen molar-refractivity contribution in [2.45, 2.75) is 6.04 Å². The topological polar surface area (TPSA) is 88.7 Å². The van der Waals surface area contributed by atoms with Crippen LogP contribution in [0.4, 0.5) is 16.2 Å². The van der Waals surface area contributed by atoms with E-state index >= 15 is 0 Å². The van der Waals surface area contributed by atoms with E-state index in [-0.39, 0.29) is 18.1 Å². The lowest BCUT2D eigenvalue weighted by molar-refractivity contribution is 0.262. The maximum Gasteiger partial charge on any atom is 0.323 e. The Balaban J connectivity index is 1.59. The minimum absolute atomic E-state index is 0.0908. The number of urea groups is 1. The normalized spacial score (nSPS) is 16.4. The number of anilines is 2. The molecule has 2 aromatic rings. The van der Waals surface area contributed by atoms with E-state index < -0.39 is 0 Å². The van der Waals surface area contributed by atoms with Crippen molar-refractivity contribution in [1.82, 2.24) is 0 Å². The van der Waals surface area contributed by atoms with Gasteiger partial charge in [0.2, 0.25) is 0 Å². The Kier molecular flexibility index (Phi) is 4.34. The molecule has 0 fully saturated rings. The molecule has 0 unspecified atom stereocenters. The van der Waals surface area contributed by atoms with Crippen LogP contribution in [0.15, 0.2) is 53.5 Å². The summed E-state index contributed by atoms with van der Waals surface area (Å²) < 4.78 is 5.13. The first-order valence-corrected chi connectivity index (χ1v) is 7.37. The molecule has 0 aliphatic carbocycles. The number of carbonyl (C=O) groups excluding carboxylic acids is 1. The van der Waals surface area contributed by atoms with Crippen LogP contribution in [0.2, 0.25) is 5.02 Å². The van der Waals surface area contributed by atoms with Crippen molar-refractivity contribution in [3.63, 3.8) is 0 Å². The second-order valence-electron chi connectivity index (χ2n) is 5.00. The van der Waals surface area contributed by atoms with E-state index in [1.807, 2.05) is 12.1 Å². The number of carbonyl (C=O) groups is 1. The molecule has 3 rings (SSSR count). The molecule has 0 saturated carbocycles. The van der Waals surface area contributed by atoms with Gasteiger partial charge in [0.05, 0.1) is 0 Å². The smallest absolute Gasteiger partial charge is 0.323 e. The van der Waals surface area contributed by atoms with Crippen LogP contribution in [-0.4, -0.2) is 18.7 Å². The van der Waals surface area contributed by atoms with Crippen molar-refractivity contribution >= 4 is 35.0 Å². The average molecular weight is 331 g/mol. The number of aliphatic imine (C=N–C) groups is 1. The largest absolute Gasteiger partial charge is 0.463 e. The molecule has 1 aliphatic rings. The standard InChI is InChI=1S/C16H15ClN4O2/c17-11-3-7-13(8-4-11)20-16(22)19-12-5-1-10(2-6-12)14-9-23-15(18)21-14/h1-8,14H,9H2,(H2,18,21)(H2,19,20,22)/t14-/m1/s1. The number of nitrogens with zero attached hydrogens (tertiary/aromatic N) is 1. The third kappa shape index (κ3) is 3.92. The Hall–Kier alpha value is -2.73. The Bertz CT molecular complexity index is 729. The number of ether oxygens (including phenoxy) is 1. The highest BCUT2D eigenvalue weighted by molar-refractivity contribution is 6.30. The maximum absolute atomic E-state index is 11.9. The predicted octanol–water partition coefficient (Wildman–Crippen LogP) is 3.37. The van der Waals surface area contributed by atoms with Crippen LogP contribution >= 0.6 is 11.6 Å². The zero-order valence-electron chi connectivity index (χ0n) is 12.1. The molecule has 118 valence electrons. The third-order valence-corrected chi connectivity index (χ3v) is 3.58. The van der Waals surface area contributed by atoms with Gasteiger partial charge in [0.15, 0.2) is 0 Å². The Morgan fingerprint density at radius 1 is 1.09 bits per heavy atom. The van der Waals surface area contributed by atoms with Crippen molar-refractivity contribution in [3.05, 3.63) is 59.1 Å². The van der Waals surface area contributed by atoms with Gasteiger partial charge in [-0.05, 0) is 42.0 Å². The SMILES string of the molecule is NC1=N[C@@H](c2ccc(NC(=O)Nc3ccc(Cl)cc3)cc2)CO1. The molecule has 0 saturated heterocycles. The minimum Gasteiger partial charge on any atom is -0.463 e. The first kappa shape index (κ1) is 15.2. The van der Waals surface area contributed by atoms with E-state index in [9.17, 15) is 4.79 Å². The Morgan fingerprint density at radius 2 is 1.65 bits per heavy atom. The number of amides is 2. The van der Waals surface area contributed by atoms with Gasteiger partial charge in [-0.15, -0.1) is 0 Å². The molecule has 0 spiro atoms. The number of hydrogen-bond donors (Lipinski definition) is 3. The highest BCUT2D eigenvalue weighted by atomic mass is 35.5. The summed E-state index contributed by atoms with van der Waals surface area (Å²) in [7, 11) is 0. The zero-order chi connectivity index (χ0) is 16.2. The molecule has 0 radical (unpaired) electrons. The van der Waals surface area contributed by atoms with E-state index in [1.54, 1.807) is 36.4 Å².